The van der Waals surface area contributed by atoms with E-state index in [4.69, 9.17) is 4.74 Å². The summed E-state index contributed by atoms with van der Waals surface area (Å²) in [5, 5.41) is 0. The van der Waals surface area contributed by atoms with Crippen molar-refractivity contribution in [2.24, 2.45) is 5.41 Å². The van der Waals surface area contributed by atoms with Crippen molar-refractivity contribution in [3.63, 3.8) is 0 Å². The Labute approximate surface area is 128 Å². The van der Waals surface area contributed by atoms with Crippen molar-refractivity contribution in [2.45, 2.75) is 19.8 Å². The Hall–Kier alpha value is -2.23. The van der Waals surface area contributed by atoms with Gasteiger partial charge in [0, 0.05) is 5.92 Å². The molecule has 116 valence electrons. The largest absolute Gasteiger partial charge is 0.469 e. The van der Waals surface area contributed by atoms with Gasteiger partial charge in [-0.3, -0.25) is 4.79 Å². The molecular formula is C18H18F2O2. The van der Waals surface area contributed by atoms with Crippen LogP contribution in [0, 0.1) is 17.0 Å². The van der Waals surface area contributed by atoms with Crippen molar-refractivity contribution in [1.29, 1.82) is 0 Å². The Morgan fingerprint density at radius 2 is 1.27 bits per heavy atom. The lowest BCUT2D eigenvalue weighted by Crippen LogP contribution is -2.33. The van der Waals surface area contributed by atoms with Crippen molar-refractivity contribution in [3.8, 4) is 0 Å². The zero-order valence-electron chi connectivity index (χ0n) is 12.8. The van der Waals surface area contributed by atoms with Gasteiger partial charge in [-0.15, -0.1) is 0 Å². The van der Waals surface area contributed by atoms with Crippen LogP contribution in [0.5, 0.6) is 0 Å². The molecule has 2 nitrogen and oxygen atoms in total. The van der Waals surface area contributed by atoms with E-state index in [1.54, 1.807) is 38.1 Å². The van der Waals surface area contributed by atoms with E-state index in [0.717, 1.165) is 11.1 Å². The number of hydrogen-bond acceptors (Lipinski definition) is 2. The minimum atomic E-state index is -0.885. The summed E-state index contributed by atoms with van der Waals surface area (Å²) in [6, 6.07) is 11.9. The fourth-order valence-corrected chi connectivity index (χ4v) is 2.72. The molecule has 22 heavy (non-hydrogen) atoms. The van der Waals surface area contributed by atoms with Crippen LogP contribution in [0.2, 0.25) is 0 Å². The molecule has 2 aromatic carbocycles. The van der Waals surface area contributed by atoms with Crippen LogP contribution < -0.4 is 0 Å². The Bertz CT molecular complexity index is 600. The standard InChI is InChI=1S/C18H18F2O2/c1-18(2,17(21)22-3)16(12-4-8-14(19)9-5-12)13-6-10-15(20)11-7-13/h4-11,16H,1-3H3. The highest BCUT2D eigenvalue weighted by molar-refractivity contribution is 5.78. The second-order valence-electron chi connectivity index (χ2n) is 5.75. The molecule has 0 aliphatic heterocycles. The molecule has 4 heteroatoms. The zero-order valence-corrected chi connectivity index (χ0v) is 12.8. The normalized spacial score (nSPS) is 11.5. The predicted octanol–water partition coefficient (Wildman–Crippen LogP) is 4.30. The van der Waals surface area contributed by atoms with Crippen molar-refractivity contribution < 1.29 is 18.3 Å². The van der Waals surface area contributed by atoms with Crippen LogP contribution in [0.15, 0.2) is 48.5 Å². The molecule has 2 aromatic rings. The minimum absolute atomic E-state index is 0.350. The lowest BCUT2D eigenvalue weighted by Gasteiger charge is -2.32. The molecule has 0 spiro atoms. The fourth-order valence-electron chi connectivity index (χ4n) is 2.72. The van der Waals surface area contributed by atoms with Gasteiger partial charge in [-0.2, -0.15) is 0 Å². The van der Waals surface area contributed by atoms with Crippen LogP contribution in [0.1, 0.15) is 30.9 Å². The van der Waals surface area contributed by atoms with E-state index in [2.05, 4.69) is 0 Å². The van der Waals surface area contributed by atoms with Gasteiger partial charge in [0.05, 0.1) is 12.5 Å². The average molecular weight is 304 g/mol. The van der Waals surface area contributed by atoms with Gasteiger partial charge in [0.1, 0.15) is 11.6 Å². The first-order valence-corrected chi connectivity index (χ1v) is 6.95. The lowest BCUT2D eigenvalue weighted by atomic mass is 9.71. The summed E-state index contributed by atoms with van der Waals surface area (Å²) in [6.07, 6.45) is 0. The topological polar surface area (TPSA) is 26.3 Å². The third-order valence-electron chi connectivity index (χ3n) is 3.84. The number of benzene rings is 2. The number of rotatable bonds is 4. The SMILES string of the molecule is COC(=O)C(C)(C)C(c1ccc(F)cc1)c1ccc(F)cc1. The third kappa shape index (κ3) is 3.16. The molecule has 0 aliphatic carbocycles. The molecule has 0 fully saturated rings. The predicted molar refractivity (Wildman–Crippen MR) is 80.4 cm³/mol. The molecule has 0 unspecified atom stereocenters. The molecule has 0 saturated heterocycles. The molecule has 0 atom stereocenters. The summed E-state index contributed by atoms with van der Waals surface area (Å²) in [4.78, 5) is 12.2. The molecule has 0 N–H and O–H groups in total. The molecule has 0 bridgehead atoms. The highest BCUT2D eigenvalue weighted by Gasteiger charge is 2.39. The van der Waals surface area contributed by atoms with Gasteiger partial charge in [-0.05, 0) is 49.2 Å². The third-order valence-corrected chi connectivity index (χ3v) is 3.84. The van der Waals surface area contributed by atoms with E-state index >= 15 is 0 Å². The van der Waals surface area contributed by atoms with E-state index in [0.29, 0.717) is 0 Å². The number of carbonyl (C=O) groups is 1. The first-order valence-electron chi connectivity index (χ1n) is 6.95. The van der Waals surface area contributed by atoms with Crippen molar-refractivity contribution in [3.05, 3.63) is 71.3 Å². The molecule has 0 aromatic heterocycles. The molecule has 2 rings (SSSR count). The van der Waals surface area contributed by atoms with E-state index in [1.165, 1.54) is 31.4 Å². The minimum Gasteiger partial charge on any atom is -0.469 e. The first kappa shape index (κ1) is 16.1. The molecular weight excluding hydrogens is 286 g/mol. The first-order chi connectivity index (χ1) is 10.4. The van der Waals surface area contributed by atoms with E-state index < -0.39 is 5.41 Å². The second-order valence-corrected chi connectivity index (χ2v) is 5.75. The Kier molecular flexibility index (Phi) is 4.59. The van der Waals surface area contributed by atoms with Crippen LogP contribution in [-0.2, 0) is 9.53 Å². The molecule has 0 radical (unpaired) electrons. The zero-order chi connectivity index (χ0) is 16.3. The van der Waals surface area contributed by atoms with Crippen molar-refractivity contribution >= 4 is 5.97 Å². The Morgan fingerprint density at radius 1 is 0.909 bits per heavy atom. The van der Waals surface area contributed by atoms with Gasteiger partial charge in [-0.25, -0.2) is 8.78 Å². The number of ether oxygens (including phenoxy) is 1. The fraction of sp³-hybridized carbons (Fsp3) is 0.278. The van der Waals surface area contributed by atoms with E-state index in [-0.39, 0.29) is 23.5 Å². The number of methoxy groups -OCH3 is 1. The molecule has 0 aliphatic rings. The maximum Gasteiger partial charge on any atom is 0.312 e. The quantitative estimate of drug-likeness (QED) is 0.787. The van der Waals surface area contributed by atoms with Gasteiger partial charge in [0.15, 0.2) is 0 Å². The maximum absolute atomic E-state index is 13.2. The smallest absolute Gasteiger partial charge is 0.312 e. The van der Waals surface area contributed by atoms with Crippen molar-refractivity contribution in [2.75, 3.05) is 7.11 Å². The van der Waals surface area contributed by atoms with Crippen LogP contribution in [0.4, 0.5) is 8.78 Å². The summed E-state index contributed by atoms with van der Waals surface area (Å²) in [7, 11) is 1.33. The van der Waals surface area contributed by atoms with Crippen LogP contribution >= 0.6 is 0 Å². The number of halogens is 2. The van der Waals surface area contributed by atoms with Gasteiger partial charge >= 0.3 is 5.97 Å². The van der Waals surface area contributed by atoms with Crippen LogP contribution in [0.25, 0.3) is 0 Å². The highest BCUT2D eigenvalue weighted by Crippen LogP contribution is 2.41. The highest BCUT2D eigenvalue weighted by atomic mass is 19.1. The van der Waals surface area contributed by atoms with Gasteiger partial charge in [-0.1, -0.05) is 24.3 Å². The summed E-state index contributed by atoms with van der Waals surface area (Å²) in [5.41, 5.74) is 0.650. The van der Waals surface area contributed by atoms with Crippen LogP contribution in [0.3, 0.4) is 0 Å². The monoisotopic (exact) mass is 304 g/mol. The number of carbonyl (C=O) groups excluding carboxylic acids is 1. The summed E-state index contributed by atoms with van der Waals surface area (Å²) in [5.74, 6) is -1.46. The number of hydrogen-bond donors (Lipinski definition) is 0. The van der Waals surface area contributed by atoms with Crippen molar-refractivity contribution in [1.82, 2.24) is 0 Å². The van der Waals surface area contributed by atoms with Gasteiger partial charge in [0.2, 0.25) is 0 Å². The second kappa shape index (κ2) is 6.26. The lowest BCUT2D eigenvalue weighted by molar-refractivity contribution is -0.151. The average Bonchev–Trinajstić information content (AvgIpc) is 2.50. The Morgan fingerprint density at radius 3 is 1.59 bits per heavy atom. The van der Waals surface area contributed by atoms with E-state index in [9.17, 15) is 13.6 Å². The summed E-state index contributed by atoms with van der Waals surface area (Å²) < 4.78 is 31.3. The Balaban J connectivity index is 2.56. The summed E-state index contributed by atoms with van der Waals surface area (Å²) in [6.45, 7) is 3.52. The maximum atomic E-state index is 13.2. The van der Waals surface area contributed by atoms with Gasteiger partial charge < -0.3 is 4.74 Å². The molecule has 0 saturated carbocycles. The summed E-state index contributed by atoms with van der Waals surface area (Å²) >= 11 is 0. The number of esters is 1. The van der Waals surface area contributed by atoms with E-state index in [1.807, 2.05) is 0 Å². The molecule has 0 amide bonds. The van der Waals surface area contributed by atoms with Gasteiger partial charge in [0.25, 0.3) is 0 Å². The van der Waals surface area contributed by atoms with Crippen LogP contribution in [-0.4, -0.2) is 13.1 Å². The molecule has 0 heterocycles.